The van der Waals surface area contributed by atoms with Crippen LogP contribution in [0.4, 0.5) is 5.69 Å². The van der Waals surface area contributed by atoms with Crippen LogP contribution < -0.4 is 4.72 Å². The molecule has 0 aliphatic heterocycles. The average molecular weight is 340 g/mol. The summed E-state index contributed by atoms with van der Waals surface area (Å²) in [5.74, 6) is 0. The third kappa shape index (κ3) is 3.16. The standard InChI is InChI=1S/C14H14BrNO2S/c1-10-5-3-4-6-14(10)16-19(17,18)12-7-8-13(15)11(2)9-12/h3-9,16H,1-2H3. The number of benzene rings is 2. The highest BCUT2D eigenvalue weighted by atomic mass is 79.9. The van der Waals surface area contributed by atoms with Gasteiger partial charge < -0.3 is 0 Å². The van der Waals surface area contributed by atoms with E-state index in [2.05, 4.69) is 20.7 Å². The van der Waals surface area contributed by atoms with Crippen molar-refractivity contribution in [2.45, 2.75) is 18.7 Å². The lowest BCUT2D eigenvalue weighted by Gasteiger charge is -2.11. The molecular formula is C14H14BrNO2S. The van der Waals surface area contributed by atoms with Crippen LogP contribution in [0.25, 0.3) is 0 Å². The number of hydrogen-bond acceptors (Lipinski definition) is 2. The maximum absolute atomic E-state index is 12.3. The maximum Gasteiger partial charge on any atom is 0.261 e. The number of para-hydroxylation sites is 1. The van der Waals surface area contributed by atoms with Crippen LogP contribution in [0.1, 0.15) is 11.1 Å². The van der Waals surface area contributed by atoms with Crippen LogP contribution in [-0.4, -0.2) is 8.42 Å². The molecule has 2 aromatic rings. The molecule has 0 aromatic heterocycles. The largest absolute Gasteiger partial charge is 0.279 e. The first kappa shape index (κ1) is 14.1. The minimum atomic E-state index is -3.55. The molecule has 0 heterocycles. The van der Waals surface area contributed by atoms with Crippen molar-refractivity contribution in [2.75, 3.05) is 4.72 Å². The third-order valence-corrected chi connectivity index (χ3v) is 5.08. The van der Waals surface area contributed by atoms with Gasteiger partial charge in [0.1, 0.15) is 0 Å². The van der Waals surface area contributed by atoms with Crippen LogP contribution >= 0.6 is 15.9 Å². The van der Waals surface area contributed by atoms with E-state index in [9.17, 15) is 8.42 Å². The normalized spacial score (nSPS) is 11.3. The maximum atomic E-state index is 12.3. The molecule has 0 amide bonds. The van der Waals surface area contributed by atoms with Gasteiger partial charge in [-0.3, -0.25) is 4.72 Å². The Bertz CT molecular complexity index is 711. The molecule has 2 aromatic carbocycles. The Morgan fingerprint density at radius 1 is 1.00 bits per heavy atom. The molecule has 3 nitrogen and oxygen atoms in total. The summed E-state index contributed by atoms with van der Waals surface area (Å²) >= 11 is 3.36. The second kappa shape index (κ2) is 5.35. The molecule has 5 heteroatoms. The molecule has 0 radical (unpaired) electrons. The molecule has 19 heavy (non-hydrogen) atoms. The van der Waals surface area contributed by atoms with Crippen LogP contribution in [0.5, 0.6) is 0 Å². The zero-order valence-corrected chi connectivity index (χ0v) is 13.0. The molecule has 0 saturated heterocycles. The monoisotopic (exact) mass is 339 g/mol. The van der Waals surface area contributed by atoms with Gasteiger partial charge in [0.05, 0.1) is 10.6 Å². The summed E-state index contributed by atoms with van der Waals surface area (Å²) in [5, 5.41) is 0. The first-order valence-electron chi connectivity index (χ1n) is 5.75. The number of aryl methyl sites for hydroxylation is 2. The summed E-state index contributed by atoms with van der Waals surface area (Å²) < 4.78 is 28.1. The van der Waals surface area contributed by atoms with Crippen molar-refractivity contribution < 1.29 is 8.42 Å². The zero-order valence-electron chi connectivity index (χ0n) is 10.6. The van der Waals surface area contributed by atoms with E-state index in [1.807, 2.05) is 26.0 Å². The van der Waals surface area contributed by atoms with Crippen LogP contribution in [0.3, 0.4) is 0 Å². The van der Waals surface area contributed by atoms with E-state index >= 15 is 0 Å². The third-order valence-electron chi connectivity index (χ3n) is 2.83. The Hall–Kier alpha value is -1.33. The highest BCUT2D eigenvalue weighted by Gasteiger charge is 2.15. The smallest absolute Gasteiger partial charge is 0.261 e. The number of halogens is 1. The van der Waals surface area contributed by atoms with E-state index < -0.39 is 10.0 Å². The molecule has 0 atom stereocenters. The Labute approximate surface area is 121 Å². The molecule has 2 rings (SSSR count). The van der Waals surface area contributed by atoms with Gasteiger partial charge in [-0.05, 0) is 49.2 Å². The fourth-order valence-electron chi connectivity index (χ4n) is 1.68. The highest BCUT2D eigenvalue weighted by Crippen LogP contribution is 2.23. The molecule has 0 unspecified atom stereocenters. The first-order valence-corrected chi connectivity index (χ1v) is 8.02. The van der Waals surface area contributed by atoms with Gasteiger partial charge in [0.25, 0.3) is 10.0 Å². The predicted molar refractivity (Wildman–Crippen MR) is 80.9 cm³/mol. The van der Waals surface area contributed by atoms with Crippen LogP contribution in [0.2, 0.25) is 0 Å². The molecule has 100 valence electrons. The van der Waals surface area contributed by atoms with E-state index in [1.165, 1.54) is 0 Å². The second-order valence-corrected chi connectivity index (χ2v) is 6.87. The number of sulfonamides is 1. The van der Waals surface area contributed by atoms with Gasteiger partial charge in [0, 0.05) is 4.47 Å². The van der Waals surface area contributed by atoms with Gasteiger partial charge in [-0.2, -0.15) is 0 Å². The topological polar surface area (TPSA) is 46.2 Å². The number of rotatable bonds is 3. The van der Waals surface area contributed by atoms with Crippen molar-refractivity contribution in [3.8, 4) is 0 Å². The molecule has 1 N–H and O–H groups in total. The van der Waals surface area contributed by atoms with Crippen molar-refractivity contribution in [1.82, 2.24) is 0 Å². The van der Waals surface area contributed by atoms with Gasteiger partial charge in [0.2, 0.25) is 0 Å². The van der Waals surface area contributed by atoms with E-state index in [0.717, 1.165) is 15.6 Å². The van der Waals surface area contributed by atoms with E-state index in [0.29, 0.717) is 5.69 Å². The van der Waals surface area contributed by atoms with Gasteiger partial charge in [0.15, 0.2) is 0 Å². The van der Waals surface area contributed by atoms with Crippen molar-refractivity contribution in [1.29, 1.82) is 0 Å². The number of hydrogen-bond donors (Lipinski definition) is 1. The lowest BCUT2D eigenvalue weighted by Crippen LogP contribution is -2.13. The summed E-state index contributed by atoms with van der Waals surface area (Å²) in [6.45, 7) is 3.72. The van der Waals surface area contributed by atoms with Crippen molar-refractivity contribution >= 4 is 31.6 Å². The van der Waals surface area contributed by atoms with E-state index in [1.54, 1.807) is 30.3 Å². The van der Waals surface area contributed by atoms with Gasteiger partial charge in [-0.15, -0.1) is 0 Å². The van der Waals surface area contributed by atoms with Gasteiger partial charge >= 0.3 is 0 Å². The van der Waals surface area contributed by atoms with Crippen molar-refractivity contribution in [2.24, 2.45) is 0 Å². The SMILES string of the molecule is Cc1cc(S(=O)(=O)Nc2ccccc2C)ccc1Br. The molecular weight excluding hydrogens is 326 g/mol. The van der Waals surface area contributed by atoms with Crippen LogP contribution in [0.15, 0.2) is 51.8 Å². The Morgan fingerprint density at radius 2 is 1.68 bits per heavy atom. The summed E-state index contributed by atoms with van der Waals surface area (Å²) in [6, 6.07) is 12.3. The molecule has 0 saturated carbocycles. The lowest BCUT2D eigenvalue weighted by molar-refractivity contribution is 0.601. The van der Waals surface area contributed by atoms with E-state index in [-0.39, 0.29) is 4.90 Å². The van der Waals surface area contributed by atoms with Gasteiger partial charge in [-0.25, -0.2) is 8.42 Å². The summed E-state index contributed by atoms with van der Waals surface area (Å²) in [5.41, 5.74) is 2.37. The summed E-state index contributed by atoms with van der Waals surface area (Å²) in [7, 11) is -3.55. The predicted octanol–water partition coefficient (Wildman–Crippen LogP) is 3.87. The first-order chi connectivity index (χ1) is 8.90. The average Bonchev–Trinajstić information content (AvgIpc) is 2.35. The van der Waals surface area contributed by atoms with Crippen molar-refractivity contribution in [3.05, 3.63) is 58.1 Å². The molecule has 0 aliphatic carbocycles. The number of anilines is 1. The molecule has 0 spiro atoms. The Morgan fingerprint density at radius 3 is 2.32 bits per heavy atom. The molecule has 0 aliphatic rings. The summed E-state index contributed by atoms with van der Waals surface area (Å²) in [6.07, 6.45) is 0. The van der Waals surface area contributed by atoms with E-state index in [4.69, 9.17) is 0 Å². The highest BCUT2D eigenvalue weighted by molar-refractivity contribution is 9.10. The molecule has 0 fully saturated rings. The minimum Gasteiger partial charge on any atom is -0.279 e. The summed E-state index contributed by atoms with van der Waals surface area (Å²) in [4.78, 5) is 0.261. The fraction of sp³-hybridized carbons (Fsp3) is 0.143. The van der Waals surface area contributed by atoms with Crippen LogP contribution in [0, 0.1) is 13.8 Å². The Balaban J connectivity index is 2.38. The quantitative estimate of drug-likeness (QED) is 0.922. The molecule has 0 bridgehead atoms. The second-order valence-electron chi connectivity index (χ2n) is 4.33. The van der Waals surface area contributed by atoms with Crippen LogP contribution in [-0.2, 0) is 10.0 Å². The van der Waals surface area contributed by atoms with Crippen molar-refractivity contribution in [3.63, 3.8) is 0 Å². The Kier molecular flexibility index (Phi) is 3.96. The minimum absolute atomic E-state index is 0.261. The van der Waals surface area contributed by atoms with Gasteiger partial charge in [-0.1, -0.05) is 34.1 Å². The number of nitrogens with one attached hydrogen (secondary N) is 1. The lowest BCUT2D eigenvalue weighted by atomic mass is 10.2. The zero-order chi connectivity index (χ0) is 14.0. The fourth-order valence-corrected chi connectivity index (χ4v) is 3.14.